The molecule has 5 heteroatoms. The summed E-state index contributed by atoms with van der Waals surface area (Å²) in [5, 5.41) is 0. The highest BCUT2D eigenvalue weighted by Crippen LogP contribution is 2.23. The average Bonchev–Trinajstić information content (AvgIpc) is 2.83. The first-order valence-corrected chi connectivity index (χ1v) is 6.58. The Balaban J connectivity index is 2.24. The largest absolute Gasteiger partial charge is 0.464 e. The average molecular weight is 275 g/mol. The zero-order valence-corrected chi connectivity index (χ0v) is 11.5. The van der Waals surface area contributed by atoms with Gasteiger partial charge in [-0.1, -0.05) is 30.3 Å². The topological polar surface area (TPSA) is 65.0 Å². The smallest absolute Gasteiger partial charge is 0.331 e. The van der Waals surface area contributed by atoms with E-state index < -0.39 is 12.1 Å². The third kappa shape index (κ3) is 3.23. The molecular weight excluding hydrogens is 258 g/mol. The predicted octanol–water partition coefficient (Wildman–Crippen LogP) is 1.74. The molecule has 2 atom stereocenters. The van der Waals surface area contributed by atoms with Gasteiger partial charge in [-0.15, -0.1) is 0 Å². The van der Waals surface area contributed by atoms with Crippen LogP contribution < -0.4 is 0 Å². The van der Waals surface area contributed by atoms with E-state index in [-0.39, 0.29) is 11.9 Å². The number of benzene rings is 1. The van der Waals surface area contributed by atoms with E-state index in [1.165, 1.54) is 6.92 Å². The first-order valence-electron chi connectivity index (χ1n) is 6.58. The van der Waals surface area contributed by atoms with Gasteiger partial charge in [0.2, 0.25) is 0 Å². The van der Waals surface area contributed by atoms with E-state index in [0.717, 1.165) is 5.56 Å². The second kappa shape index (κ2) is 6.32. The summed E-state index contributed by atoms with van der Waals surface area (Å²) in [5.74, 6) is -0.765. The second-order valence-electron chi connectivity index (χ2n) is 4.48. The number of hydrogen-bond donors (Lipinski definition) is 0. The van der Waals surface area contributed by atoms with Gasteiger partial charge in [-0.25, -0.2) is 4.79 Å². The van der Waals surface area contributed by atoms with Crippen molar-refractivity contribution in [2.75, 3.05) is 6.61 Å². The molecule has 0 bridgehead atoms. The van der Waals surface area contributed by atoms with Gasteiger partial charge in [0.25, 0.3) is 0 Å². The highest BCUT2D eigenvalue weighted by atomic mass is 16.5. The lowest BCUT2D eigenvalue weighted by atomic mass is 10.0. The van der Waals surface area contributed by atoms with E-state index in [4.69, 9.17) is 9.47 Å². The van der Waals surface area contributed by atoms with Gasteiger partial charge in [-0.2, -0.15) is 0 Å². The van der Waals surface area contributed by atoms with Crippen molar-refractivity contribution in [2.45, 2.75) is 32.4 Å². The molecule has 0 amide bonds. The first-order chi connectivity index (χ1) is 9.61. The van der Waals surface area contributed by atoms with E-state index in [1.54, 1.807) is 6.92 Å². The van der Waals surface area contributed by atoms with Crippen molar-refractivity contribution in [3.05, 3.63) is 35.9 Å². The third-order valence-corrected chi connectivity index (χ3v) is 2.97. The zero-order valence-electron chi connectivity index (χ0n) is 11.5. The van der Waals surface area contributed by atoms with Gasteiger partial charge in [0.1, 0.15) is 6.10 Å². The minimum absolute atomic E-state index is 0.309. The van der Waals surface area contributed by atoms with E-state index >= 15 is 0 Å². The number of carbonyl (C=O) groups is 2. The van der Waals surface area contributed by atoms with Gasteiger partial charge in [-0.3, -0.25) is 9.79 Å². The zero-order chi connectivity index (χ0) is 14.5. The minimum Gasteiger partial charge on any atom is -0.464 e. The van der Waals surface area contributed by atoms with Gasteiger partial charge in [0.15, 0.2) is 6.04 Å². The lowest BCUT2D eigenvalue weighted by Gasteiger charge is -2.13. The minimum atomic E-state index is -0.602. The van der Waals surface area contributed by atoms with Crippen LogP contribution in [0.5, 0.6) is 0 Å². The summed E-state index contributed by atoms with van der Waals surface area (Å²) in [5.41, 5.74) is 1.48. The quantitative estimate of drug-likeness (QED) is 0.785. The maximum absolute atomic E-state index is 11.8. The molecule has 0 aromatic heterocycles. The lowest BCUT2D eigenvalue weighted by molar-refractivity contribution is -0.148. The molecular formula is C15H17NO4. The van der Waals surface area contributed by atoms with Crippen molar-refractivity contribution >= 4 is 17.7 Å². The Hall–Kier alpha value is -2.17. The number of rotatable bonds is 4. The lowest BCUT2D eigenvalue weighted by Crippen LogP contribution is -2.26. The second-order valence-corrected chi connectivity index (χ2v) is 4.48. The fraction of sp³-hybridized carbons (Fsp3) is 0.400. The molecule has 0 saturated heterocycles. The summed E-state index contributed by atoms with van der Waals surface area (Å²) in [6, 6.07) is 8.80. The number of aliphatic imine (C=N–C) groups is 1. The molecule has 1 aliphatic rings. The predicted molar refractivity (Wildman–Crippen MR) is 73.6 cm³/mol. The van der Waals surface area contributed by atoms with Crippen LogP contribution in [0.25, 0.3) is 0 Å². The van der Waals surface area contributed by atoms with Crippen molar-refractivity contribution in [3.8, 4) is 0 Å². The number of ether oxygens (including phenoxy) is 2. The SMILES string of the molecule is CCOC(=O)[C@H]1C[C@@H](OC(C)=O)C(c2ccccc2)=N1. The molecule has 1 heterocycles. The summed E-state index contributed by atoms with van der Waals surface area (Å²) in [6.07, 6.45) is -0.160. The van der Waals surface area contributed by atoms with Crippen LogP contribution in [0.4, 0.5) is 0 Å². The van der Waals surface area contributed by atoms with Crippen molar-refractivity contribution in [3.63, 3.8) is 0 Å². The Morgan fingerprint density at radius 1 is 1.30 bits per heavy atom. The van der Waals surface area contributed by atoms with Crippen LogP contribution in [0.2, 0.25) is 0 Å². The Labute approximate surface area is 117 Å². The van der Waals surface area contributed by atoms with Gasteiger partial charge < -0.3 is 9.47 Å². The molecule has 106 valence electrons. The first kappa shape index (κ1) is 14.2. The van der Waals surface area contributed by atoms with Crippen LogP contribution in [0.15, 0.2) is 35.3 Å². The molecule has 1 aliphatic heterocycles. The van der Waals surface area contributed by atoms with Gasteiger partial charge in [-0.05, 0) is 12.5 Å². The summed E-state index contributed by atoms with van der Waals surface area (Å²) in [7, 11) is 0. The Morgan fingerprint density at radius 3 is 2.60 bits per heavy atom. The molecule has 0 radical (unpaired) electrons. The standard InChI is InChI=1S/C15H17NO4/c1-3-19-15(18)12-9-13(20-10(2)17)14(16-12)11-7-5-4-6-8-11/h4-8,12-13H,3,9H2,1-2H3/t12-,13-/m1/s1. The Bertz CT molecular complexity index is 524. The van der Waals surface area contributed by atoms with Crippen molar-refractivity contribution in [1.29, 1.82) is 0 Å². The number of nitrogens with zero attached hydrogens (tertiary/aromatic N) is 1. The number of carbonyl (C=O) groups excluding carboxylic acids is 2. The molecule has 0 unspecified atom stereocenters. The summed E-state index contributed by atoms with van der Waals surface area (Å²) in [6.45, 7) is 3.41. The molecule has 0 spiro atoms. The molecule has 20 heavy (non-hydrogen) atoms. The fourth-order valence-corrected chi connectivity index (χ4v) is 2.18. The third-order valence-electron chi connectivity index (χ3n) is 2.97. The van der Waals surface area contributed by atoms with E-state index in [1.807, 2.05) is 30.3 Å². The van der Waals surface area contributed by atoms with E-state index in [9.17, 15) is 9.59 Å². The van der Waals surface area contributed by atoms with Crippen LogP contribution in [-0.2, 0) is 19.1 Å². The normalized spacial score (nSPS) is 21.2. The molecule has 0 saturated carbocycles. The van der Waals surface area contributed by atoms with Crippen LogP contribution in [0, 0.1) is 0 Å². The van der Waals surface area contributed by atoms with Crippen molar-refractivity contribution < 1.29 is 19.1 Å². The highest BCUT2D eigenvalue weighted by Gasteiger charge is 2.36. The Kier molecular flexibility index (Phi) is 4.50. The molecule has 0 N–H and O–H groups in total. The van der Waals surface area contributed by atoms with Crippen molar-refractivity contribution in [2.24, 2.45) is 4.99 Å². The van der Waals surface area contributed by atoms with Gasteiger partial charge in [0, 0.05) is 13.3 Å². The van der Waals surface area contributed by atoms with Crippen LogP contribution >= 0.6 is 0 Å². The van der Waals surface area contributed by atoms with Crippen molar-refractivity contribution in [1.82, 2.24) is 0 Å². The number of esters is 2. The molecule has 1 aromatic rings. The molecule has 5 nitrogen and oxygen atoms in total. The van der Waals surface area contributed by atoms with E-state index in [0.29, 0.717) is 18.7 Å². The summed E-state index contributed by atoms with van der Waals surface area (Å²) < 4.78 is 10.2. The molecule has 0 aliphatic carbocycles. The summed E-state index contributed by atoms with van der Waals surface area (Å²) >= 11 is 0. The Morgan fingerprint density at radius 2 is 2.00 bits per heavy atom. The number of hydrogen-bond acceptors (Lipinski definition) is 5. The molecule has 1 aromatic carbocycles. The van der Waals surface area contributed by atoms with Gasteiger partial charge in [0.05, 0.1) is 12.3 Å². The monoisotopic (exact) mass is 275 g/mol. The maximum atomic E-state index is 11.8. The van der Waals surface area contributed by atoms with Crippen LogP contribution in [-0.4, -0.2) is 36.4 Å². The summed E-state index contributed by atoms with van der Waals surface area (Å²) in [4.78, 5) is 27.3. The highest BCUT2D eigenvalue weighted by molar-refractivity contribution is 6.07. The van der Waals surface area contributed by atoms with E-state index in [2.05, 4.69) is 4.99 Å². The molecule has 0 fully saturated rings. The molecule has 2 rings (SSSR count). The van der Waals surface area contributed by atoms with Gasteiger partial charge >= 0.3 is 11.9 Å². The maximum Gasteiger partial charge on any atom is 0.331 e. The van der Waals surface area contributed by atoms with Crippen LogP contribution in [0.1, 0.15) is 25.8 Å². The fourth-order valence-electron chi connectivity index (χ4n) is 2.18. The van der Waals surface area contributed by atoms with Crippen LogP contribution in [0.3, 0.4) is 0 Å².